The lowest BCUT2D eigenvalue weighted by Gasteiger charge is -2.06. The Morgan fingerprint density at radius 3 is 1.06 bits per heavy atom. The molecule has 0 aliphatic heterocycles. The number of carbonyl (C=O) groups excluding carboxylic acids is 2. The zero-order chi connectivity index (χ0) is 25.0. The third kappa shape index (κ3) is 27.2. The maximum absolute atomic E-state index is 11.8. The topological polar surface area (TPSA) is 52.6 Å². The van der Waals surface area contributed by atoms with E-state index in [0.29, 0.717) is 26.1 Å². The van der Waals surface area contributed by atoms with Crippen LogP contribution >= 0.6 is 0 Å². The number of unbranched alkanes of at least 4 members (excludes halogenated alkanes) is 19. The molecule has 0 fully saturated rings. The first kappa shape index (κ1) is 32.9. The zero-order valence-electron chi connectivity index (χ0n) is 23.0. The summed E-state index contributed by atoms with van der Waals surface area (Å²) in [5.41, 5.74) is 0. The minimum absolute atomic E-state index is 0.0375. The fourth-order valence-electron chi connectivity index (χ4n) is 4.20. The predicted octanol–water partition coefficient (Wildman–Crippen LogP) is 9.48. The van der Waals surface area contributed by atoms with Gasteiger partial charge in [-0.3, -0.25) is 9.59 Å². The summed E-state index contributed by atoms with van der Waals surface area (Å²) in [6.45, 7) is 5.52. The third-order valence-electron chi connectivity index (χ3n) is 6.53. The summed E-state index contributed by atoms with van der Waals surface area (Å²) in [4.78, 5) is 23.3. The zero-order valence-corrected chi connectivity index (χ0v) is 23.0. The fraction of sp³-hybridized carbons (Fsp3) is 0.933. The van der Waals surface area contributed by atoms with Crippen molar-refractivity contribution in [1.82, 2.24) is 0 Å². The molecule has 0 aromatic carbocycles. The molecule has 4 nitrogen and oxygen atoms in total. The minimum Gasteiger partial charge on any atom is -0.466 e. The number of rotatable bonds is 27. The van der Waals surface area contributed by atoms with E-state index in [-0.39, 0.29) is 11.9 Å². The molecule has 4 heteroatoms. The second-order valence-electron chi connectivity index (χ2n) is 10.0. The van der Waals surface area contributed by atoms with Gasteiger partial charge in [0.2, 0.25) is 0 Å². The van der Waals surface area contributed by atoms with Gasteiger partial charge in [0.1, 0.15) is 0 Å². The highest BCUT2D eigenvalue weighted by atomic mass is 16.5. The number of esters is 2. The van der Waals surface area contributed by atoms with E-state index < -0.39 is 0 Å². The first-order chi connectivity index (χ1) is 16.7. The number of hydrogen-bond acceptors (Lipinski definition) is 4. The van der Waals surface area contributed by atoms with Crippen LogP contribution in [0.3, 0.4) is 0 Å². The van der Waals surface area contributed by atoms with E-state index in [4.69, 9.17) is 9.47 Å². The molecule has 0 aromatic rings. The van der Waals surface area contributed by atoms with Crippen LogP contribution in [0.25, 0.3) is 0 Å². The molecule has 34 heavy (non-hydrogen) atoms. The second kappa shape index (κ2) is 28.2. The molecule has 0 aliphatic rings. The van der Waals surface area contributed by atoms with Gasteiger partial charge in [0.15, 0.2) is 0 Å². The Hall–Kier alpha value is -1.06. The summed E-state index contributed by atoms with van der Waals surface area (Å²) in [5.74, 6) is -0.0977. The van der Waals surface area contributed by atoms with Crippen LogP contribution in [-0.4, -0.2) is 25.2 Å². The van der Waals surface area contributed by atoms with Gasteiger partial charge in [-0.15, -0.1) is 0 Å². The third-order valence-corrected chi connectivity index (χ3v) is 6.53. The van der Waals surface area contributed by atoms with Crippen LogP contribution in [0.2, 0.25) is 0 Å². The molecule has 0 bridgehead atoms. The van der Waals surface area contributed by atoms with Gasteiger partial charge >= 0.3 is 11.9 Å². The molecule has 0 heterocycles. The number of hydrogen-bond donors (Lipinski definition) is 0. The highest BCUT2D eigenvalue weighted by Crippen LogP contribution is 2.13. The van der Waals surface area contributed by atoms with Crippen molar-refractivity contribution in [1.29, 1.82) is 0 Å². The van der Waals surface area contributed by atoms with Crippen LogP contribution in [0.4, 0.5) is 0 Å². The summed E-state index contributed by atoms with van der Waals surface area (Å²) in [5, 5.41) is 0. The summed E-state index contributed by atoms with van der Waals surface area (Å²) in [7, 11) is 0. The van der Waals surface area contributed by atoms with Crippen molar-refractivity contribution in [3.05, 3.63) is 0 Å². The molecule has 0 amide bonds. The van der Waals surface area contributed by atoms with Crippen LogP contribution in [-0.2, 0) is 19.1 Å². The summed E-state index contributed by atoms with van der Waals surface area (Å²) >= 11 is 0. The Kier molecular flexibility index (Phi) is 27.3. The van der Waals surface area contributed by atoms with Gasteiger partial charge in [-0.2, -0.15) is 0 Å². The minimum atomic E-state index is -0.0602. The van der Waals surface area contributed by atoms with E-state index in [2.05, 4.69) is 13.8 Å². The Morgan fingerprint density at radius 2 is 0.676 bits per heavy atom. The van der Waals surface area contributed by atoms with Crippen molar-refractivity contribution >= 4 is 11.9 Å². The molecule has 0 saturated carbocycles. The van der Waals surface area contributed by atoms with Gasteiger partial charge in [0.05, 0.1) is 13.2 Å². The SMILES string of the molecule is CCCCCCCCCCCCCCCCOC(=O)CCCCCCCCC(=O)OCCCC. The maximum atomic E-state index is 11.8. The van der Waals surface area contributed by atoms with E-state index in [9.17, 15) is 9.59 Å². The normalized spacial score (nSPS) is 11.0. The number of ether oxygens (including phenoxy) is 2. The molecule has 0 spiro atoms. The lowest BCUT2D eigenvalue weighted by atomic mass is 10.0. The maximum Gasteiger partial charge on any atom is 0.305 e. The van der Waals surface area contributed by atoms with E-state index in [0.717, 1.165) is 57.8 Å². The van der Waals surface area contributed by atoms with Crippen molar-refractivity contribution in [2.75, 3.05) is 13.2 Å². The van der Waals surface area contributed by atoms with E-state index >= 15 is 0 Å². The molecular formula is C30H58O4. The largest absolute Gasteiger partial charge is 0.466 e. The molecule has 0 radical (unpaired) electrons. The van der Waals surface area contributed by atoms with E-state index in [1.807, 2.05) is 0 Å². The summed E-state index contributed by atoms with van der Waals surface area (Å²) in [6, 6.07) is 0. The van der Waals surface area contributed by atoms with Crippen molar-refractivity contribution in [3.8, 4) is 0 Å². The van der Waals surface area contributed by atoms with Gasteiger partial charge in [0, 0.05) is 12.8 Å². The first-order valence-electron chi connectivity index (χ1n) is 15.0. The van der Waals surface area contributed by atoms with E-state index in [1.165, 1.54) is 83.5 Å². The van der Waals surface area contributed by atoms with Crippen LogP contribution in [0, 0.1) is 0 Å². The second-order valence-corrected chi connectivity index (χ2v) is 10.0. The summed E-state index contributed by atoms with van der Waals surface area (Å²) < 4.78 is 10.5. The van der Waals surface area contributed by atoms with Crippen LogP contribution < -0.4 is 0 Å². The molecule has 0 N–H and O–H groups in total. The van der Waals surface area contributed by atoms with Gasteiger partial charge < -0.3 is 9.47 Å². The molecule has 0 rings (SSSR count). The smallest absolute Gasteiger partial charge is 0.305 e. The van der Waals surface area contributed by atoms with Gasteiger partial charge in [-0.05, 0) is 25.7 Å². The van der Waals surface area contributed by atoms with Gasteiger partial charge in [-0.1, -0.05) is 129 Å². The highest BCUT2D eigenvalue weighted by molar-refractivity contribution is 5.69. The molecule has 0 aliphatic carbocycles. The Morgan fingerprint density at radius 1 is 0.382 bits per heavy atom. The quantitative estimate of drug-likeness (QED) is 0.0864. The summed E-state index contributed by atoms with van der Waals surface area (Å²) in [6.07, 6.45) is 28.1. The van der Waals surface area contributed by atoms with Gasteiger partial charge in [-0.25, -0.2) is 0 Å². The Bertz CT molecular complexity index is 436. The molecule has 0 unspecified atom stereocenters. The average Bonchev–Trinajstić information content (AvgIpc) is 2.83. The van der Waals surface area contributed by atoms with E-state index in [1.54, 1.807) is 0 Å². The van der Waals surface area contributed by atoms with Crippen molar-refractivity contribution < 1.29 is 19.1 Å². The molecule has 202 valence electrons. The predicted molar refractivity (Wildman–Crippen MR) is 144 cm³/mol. The lowest BCUT2D eigenvalue weighted by molar-refractivity contribution is -0.144. The van der Waals surface area contributed by atoms with Crippen molar-refractivity contribution in [3.63, 3.8) is 0 Å². The Balaban J connectivity index is 3.21. The van der Waals surface area contributed by atoms with Crippen LogP contribution in [0.5, 0.6) is 0 Å². The Labute approximate surface area is 212 Å². The fourth-order valence-corrected chi connectivity index (χ4v) is 4.20. The standard InChI is InChI=1S/C30H58O4/c1-3-5-7-8-9-10-11-12-13-14-15-18-21-24-28-34-30(32)26-23-20-17-16-19-22-25-29(31)33-27-6-4-2/h3-28H2,1-2H3. The van der Waals surface area contributed by atoms with Gasteiger partial charge in [0.25, 0.3) is 0 Å². The lowest BCUT2D eigenvalue weighted by Crippen LogP contribution is -2.05. The van der Waals surface area contributed by atoms with Crippen LogP contribution in [0.15, 0.2) is 0 Å². The highest BCUT2D eigenvalue weighted by Gasteiger charge is 2.04. The molecule has 0 aromatic heterocycles. The monoisotopic (exact) mass is 482 g/mol. The molecular weight excluding hydrogens is 424 g/mol. The van der Waals surface area contributed by atoms with Crippen LogP contribution in [0.1, 0.15) is 168 Å². The number of carbonyl (C=O) groups is 2. The molecule has 0 saturated heterocycles. The average molecular weight is 483 g/mol. The van der Waals surface area contributed by atoms with Crippen molar-refractivity contribution in [2.45, 2.75) is 168 Å². The first-order valence-corrected chi connectivity index (χ1v) is 15.0. The molecule has 0 atom stereocenters. The van der Waals surface area contributed by atoms with Crippen molar-refractivity contribution in [2.24, 2.45) is 0 Å².